The largest absolute Gasteiger partial charge is 0.466 e. The van der Waals surface area contributed by atoms with Crippen molar-refractivity contribution in [3.8, 4) is 0 Å². The number of carbonyl (C=O) groups is 3. The molecule has 0 unspecified atom stereocenters. The lowest BCUT2D eigenvalue weighted by atomic mass is 10.2. The summed E-state index contributed by atoms with van der Waals surface area (Å²) in [7, 11) is 1.21. The Kier molecular flexibility index (Phi) is 8.58. The van der Waals surface area contributed by atoms with Crippen LogP contribution in [-0.4, -0.2) is 38.2 Å². The monoisotopic (exact) mass is 320 g/mol. The zero-order chi connectivity index (χ0) is 16.9. The van der Waals surface area contributed by atoms with E-state index < -0.39 is 11.9 Å². The van der Waals surface area contributed by atoms with Gasteiger partial charge in [0.05, 0.1) is 13.7 Å². The summed E-state index contributed by atoms with van der Waals surface area (Å²) in [6.45, 7) is 0.956. The lowest BCUT2D eigenvalue weighted by Crippen LogP contribution is -2.35. The maximum absolute atomic E-state index is 11.5. The molecule has 0 fully saturated rings. The fourth-order valence-electron chi connectivity index (χ4n) is 1.54. The van der Waals surface area contributed by atoms with E-state index in [4.69, 9.17) is 4.74 Å². The highest BCUT2D eigenvalue weighted by Gasteiger charge is 2.01. The van der Waals surface area contributed by atoms with Crippen molar-refractivity contribution in [3.05, 3.63) is 48.0 Å². The van der Waals surface area contributed by atoms with E-state index >= 15 is 0 Å². The van der Waals surface area contributed by atoms with Gasteiger partial charge < -0.3 is 20.1 Å². The molecule has 0 heterocycles. The molecule has 23 heavy (non-hydrogen) atoms. The number of hydrogen-bond acceptors (Lipinski definition) is 5. The molecule has 0 spiro atoms. The fraction of sp³-hybridized carbons (Fsp3) is 0.312. The molecule has 124 valence electrons. The standard InChI is InChI=1S/C16H20N2O5/c1-22-14(19)8-9-15(20)23-11-5-10-17-16(21)18-12-13-6-3-2-4-7-13/h2-4,6-9H,5,10-12H2,1H3,(H2,17,18,21)/b9-8+. The number of esters is 2. The molecule has 0 bridgehead atoms. The molecule has 0 saturated heterocycles. The highest BCUT2D eigenvalue weighted by atomic mass is 16.5. The van der Waals surface area contributed by atoms with E-state index in [9.17, 15) is 14.4 Å². The van der Waals surface area contributed by atoms with E-state index in [0.717, 1.165) is 17.7 Å². The summed E-state index contributed by atoms with van der Waals surface area (Å²) >= 11 is 0. The number of rotatable bonds is 8. The van der Waals surface area contributed by atoms with Gasteiger partial charge in [-0.2, -0.15) is 0 Å². The van der Waals surface area contributed by atoms with Gasteiger partial charge in [0.1, 0.15) is 0 Å². The molecular formula is C16H20N2O5. The highest BCUT2D eigenvalue weighted by Crippen LogP contribution is 1.96. The SMILES string of the molecule is COC(=O)/C=C/C(=O)OCCCNC(=O)NCc1ccccc1. The van der Waals surface area contributed by atoms with Crippen LogP contribution in [0.5, 0.6) is 0 Å². The van der Waals surface area contributed by atoms with E-state index in [-0.39, 0.29) is 12.6 Å². The second kappa shape index (κ2) is 10.8. The van der Waals surface area contributed by atoms with Crippen LogP contribution in [0.25, 0.3) is 0 Å². The van der Waals surface area contributed by atoms with Crippen LogP contribution in [0.3, 0.4) is 0 Å². The number of amides is 2. The molecule has 0 aliphatic heterocycles. The van der Waals surface area contributed by atoms with Crippen LogP contribution in [0, 0.1) is 0 Å². The number of methoxy groups -OCH3 is 1. The number of ether oxygens (including phenoxy) is 2. The average Bonchev–Trinajstić information content (AvgIpc) is 2.58. The maximum atomic E-state index is 11.5. The zero-order valence-electron chi connectivity index (χ0n) is 12.9. The van der Waals surface area contributed by atoms with Crippen LogP contribution in [0.1, 0.15) is 12.0 Å². The van der Waals surface area contributed by atoms with Crippen molar-refractivity contribution in [3.63, 3.8) is 0 Å². The Hall–Kier alpha value is -2.83. The first kappa shape index (κ1) is 18.2. The predicted molar refractivity (Wildman–Crippen MR) is 83.4 cm³/mol. The van der Waals surface area contributed by atoms with E-state index in [0.29, 0.717) is 19.5 Å². The molecule has 0 aliphatic rings. The van der Waals surface area contributed by atoms with Gasteiger partial charge in [0, 0.05) is 25.2 Å². The Labute approximate surface area is 134 Å². The van der Waals surface area contributed by atoms with Crippen LogP contribution in [-0.2, 0) is 25.6 Å². The van der Waals surface area contributed by atoms with Gasteiger partial charge in [-0.3, -0.25) is 0 Å². The normalized spacial score (nSPS) is 10.1. The van der Waals surface area contributed by atoms with Gasteiger partial charge in [0.15, 0.2) is 0 Å². The molecule has 2 N–H and O–H groups in total. The smallest absolute Gasteiger partial charge is 0.331 e. The zero-order valence-corrected chi connectivity index (χ0v) is 12.9. The third-order valence-electron chi connectivity index (χ3n) is 2.70. The number of urea groups is 1. The maximum Gasteiger partial charge on any atom is 0.331 e. The number of hydrogen-bond donors (Lipinski definition) is 2. The molecule has 0 radical (unpaired) electrons. The van der Waals surface area contributed by atoms with Gasteiger partial charge in [0.2, 0.25) is 0 Å². The summed E-state index contributed by atoms with van der Waals surface area (Å²) in [5.41, 5.74) is 1.01. The number of benzene rings is 1. The second-order valence-corrected chi connectivity index (χ2v) is 4.47. The molecule has 0 atom stereocenters. The third-order valence-corrected chi connectivity index (χ3v) is 2.70. The van der Waals surface area contributed by atoms with Gasteiger partial charge in [-0.1, -0.05) is 30.3 Å². The van der Waals surface area contributed by atoms with Crippen LogP contribution >= 0.6 is 0 Å². The third kappa shape index (κ3) is 8.92. The summed E-state index contributed by atoms with van der Waals surface area (Å²) in [6.07, 6.45) is 2.44. The van der Waals surface area contributed by atoms with Gasteiger partial charge in [0.25, 0.3) is 0 Å². The number of carbonyl (C=O) groups excluding carboxylic acids is 3. The minimum atomic E-state index is -0.635. The van der Waals surface area contributed by atoms with Gasteiger partial charge in [-0.25, -0.2) is 14.4 Å². The minimum Gasteiger partial charge on any atom is -0.466 e. The molecule has 0 saturated carbocycles. The van der Waals surface area contributed by atoms with E-state index in [1.807, 2.05) is 30.3 Å². The van der Waals surface area contributed by atoms with E-state index in [1.165, 1.54) is 7.11 Å². The van der Waals surface area contributed by atoms with Gasteiger partial charge in [-0.05, 0) is 12.0 Å². The summed E-state index contributed by atoms with van der Waals surface area (Å²) in [5, 5.41) is 5.37. The quantitative estimate of drug-likeness (QED) is 0.426. The minimum absolute atomic E-state index is 0.142. The lowest BCUT2D eigenvalue weighted by molar-refractivity contribution is -0.139. The van der Waals surface area contributed by atoms with Crippen molar-refractivity contribution in [2.75, 3.05) is 20.3 Å². The van der Waals surface area contributed by atoms with Crippen LogP contribution < -0.4 is 10.6 Å². The molecule has 7 heteroatoms. The Bertz CT molecular complexity index is 543. The number of nitrogens with one attached hydrogen (secondary N) is 2. The van der Waals surface area contributed by atoms with Crippen LogP contribution in [0.15, 0.2) is 42.5 Å². The van der Waals surface area contributed by atoms with Crippen LogP contribution in [0.4, 0.5) is 4.79 Å². The van der Waals surface area contributed by atoms with Crippen molar-refractivity contribution in [1.82, 2.24) is 10.6 Å². The van der Waals surface area contributed by atoms with E-state index in [1.54, 1.807) is 0 Å². The van der Waals surface area contributed by atoms with Crippen LogP contribution in [0.2, 0.25) is 0 Å². The molecule has 7 nitrogen and oxygen atoms in total. The first-order valence-corrected chi connectivity index (χ1v) is 7.10. The molecule has 2 amide bonds. The fourth-order valence-corrected chi connectivity index (χ4v) is 1.54. The first-order chi connectivity index (χ1) is 11.1. The summed E-state index contributed by atoms with van der Waals surface area (Å²) in [5.74, 6) is -1.26. The van der Waals surface area contributed by atoms with Crippen molar-refractivity contribution in [2.24, 2.45) is 0 Å². The topological polar surface area (TPSA) is 93.7 Å². The molecular weight excluding hydrogens is 300 g/mol. The highest BCUT2D eigenvalue weighted by molar-refractivity contribution is 5.91. The van der Waals surface area contributed by atoms with Gasteiger partial charge >= 0.3 is 18.0 Å². The summed E-state index contributed by atoms with van der Waals surface area (Å²) < 4.78 is 9.18. The molecule has 0 aliphatic carbocycles. The molecule has 0 aromatic heterocycles. The summed E-state index contributed by atoms with van der Waals surface area (Å²) in [4.78, 5) is 33.5. The molecule has 1 aromatic carbocycles. The predicted octanol–water partition coefficient (Wildman–Crippen LogP) is 1.15. The first-order valence-electron chi connectivity index (χ1n) is 7.10. The molecule has 1 aromatic rings. The Morgan fingerprint density at radius 3 is 2.43 bits per heavy atom. The van der Waals surface area contributed by atoms with Crippen molar-refractivity contribution >= 4 is 18.0 Å². The van der Waals surface area contributed by atoms with Crippen molar-refractivity contribution < 1.29 is 23.9 Å². The molecule has 1 rings (SSSR count). The Morgan fingerprint density at radius 2 is 1.74 bits per heavy atom. The Morgan fingerprint density at radius 1 is 1.04 bits per heavy atom. The Balaban J connectivity index is 2.06. The lowest BCUT2D eigenvalue weighted by Gasteiger charge is -2.07. The van der Waals surface area contributed by atoms with Gasteiger partial charge in [-0.15, -0.1) is 0 Å². The second-order valence-electron chi connectivity index (χ2n) is 4.47. The summed E-state index contributed by atoms with van der Waals surface area (Å²) in [6, 6.07) is 9.26. The van der Waals surface area contributed by atoms with E-state index in [2.05, 4.69) is 15.4 Å². The van der Waals surface area contributed by atoms with Crippen molar-refractivity contribution in [2.45, 2.75) is 13.0 Å². The van der Waals surface area contributed by atoms with Crippen molar-refractivity contribution in [1.29, 1.82) is 0 Å². The average molecular weight is 320 g/mol.